The van der Waals surface area contributed by atoms with E-state index in [1.165, 1.54) is 0 Å². The fraction of sp³-hybridized carbons (Fsp3) is 0. The maximum absolute atomic E-state index is 12.5. The zero-order chi connectivity index (χ0) is 8.59. The van der Waals surface area contributed by atoms with Crippen molar-refractivity contribution in [3.05, 3.63) is 32.2 Å². The Morgan fingerprint density at radius 3 is 2.27 bits per heavy atom. The van der Waals surface area contributed by atoms with Gasteiger partial charge in [0.05, 0.1) is 0 Å². The van der Waals surface area contributed by atoms with Gasteiger partial charge < -0.3 is 0 Å². The zero-order valence-corrected chi connectivity index (χ0v) is 6.43. The van der Waals surface area contributed by atoms with Gasteiger partial charge in [-0.3, -0.25) is 9.78 Å². The normalized spacial score (nSPS) is 10.2. The number of aromatic nitrogens is 1. The summed E-state index contributed by atoms with van der Waals surface area (Å²) in [6.45, 7) is 0. The van der Waals surface area contributed by atoms with E-state index < -0.39 is 27.4 Å². The molecule has 0 aliphatic heterocycles. The average molecular weight is 200 g/mol. The predicted molar refractivity (Wildman–Crippen MR) is 37.0 cm³/mol. The molecule has 1 aromatic heterocycles. The van der Waals surface area contributed by atoms with E-state index in [4.69, 9.17) is 23.2 Å². The minimum absolute atomic E-state index is 0.739. The molecule has 0 radical (unpaired) electrons. The Hall–Kier alpha value is -0.610. The van der Waals surface area contributed by atoms with Crippen molar-refractivity contribution < 1.29 is 8.78 Å². The largest absolute Gasteiger partial charge is 0.296 e. The van der Waals surface area contributed by atoms with Gasteiger partial charge in [-0.05, 0) is 0 Å². The minimum Gasteiger partial charge on any atom is -0.296 e. The van der Waals surface area contributed by atoms with Gasteiger partial charge in [0.1, 0.15) is 10.0 Å². The Kier molecular flexibility index (Phi) is 2.15. The molecule has 1 aromatic rings. The van der Waals surface area contributed by atoms with Gasteiger partial charge in [0, 0.05) is 0 Å². The lowest BCUT2D eigenvalue weighted by molar-refractivity contribution is 0.548. The third kappa shape index (κ3) is 1.36. The van der Waals surface area contributed by atoms with Gasteiger partial charge in [-0.2, -0.15) is 4.39 Å². The highest BCUT2D eigenvalue weighted by molar-refractivity contribution is 6.34. The number of hydrogen-bond donors (Lipinski definition) is 1. The summed E-state index contributed by atoms with van der Waals surface area (Å²) in [5.41, 5.74) is -1.04. The minimum atomic E-state index is -1.24. The monoisotopic (exact) mass is 199 g/mol. The van der Waals surface area contributed by atoms with Crippen molar-refractivity contribution in [3.8, 4) is 0 Å². The number of H-pyrrole nitrogens is 1. The molecule has 2 nitrogen and oxygen atoms in total. The lowest BCUT2D eigenvalue weighted by Gasteiger charge is -1.95. The number of halogens is 4. The van der Waals surface area contributed by atoms with E-state index in [-0.39, 0.29) is 0 Å². The molecule has 0 fully saturated rings. The van der Waals surface area contributed by atoms with Crippen LogP contribution in [0.2, 0.25) is 10.0 Å². The summed E-state index contributed by atoms with van der Waals surface area (Å²) < 4.78 is 24.9. The van der Waals surface area contributed by atoms with Gasteiger partial charge >= 0.3 is 0 Å². The SMILES string of the molecule is O=c1[nH]c(F)c(Cl)c(F)c1Cl. The van der Waals surface area contributed by atoms with Crippen molar-refractivity contribution in [2.45, 2.75) is 0 Å². The second-order valence-electron chi connectivity index (χ2n) is 1.71. The molecule has 0 bridgehead atoms. The molecule has 0 aliphatic rings. The van der Waals surface area contributed by atoms with Gasteiger partial charge in [-0.1, -0.05) is 23.2 Å². The molecule has 0 aliphatic carbocycles. The highest BCUT2D eigenvalue weighted by atomic mass is 35.5. The molecular formula is C5HCl2F2NO. The van der Waals surface area contributed by atoms with Crippen LogP contribution in [0.5, 0.6) is 0 Å². The quantitative estimate of drug-likeness (QED) is 0.638. The molecule has 0 spiro atoms. The van der Waals surface area contributed by atoms with E-state index in [1.54, 1.807) is 4.98 Å². The molecule has 6 heteroatoms. The first-order valence-corrected chi connectivity index (χ1v) is 3.22. The van der Waals surface area contributed by atoms with Crippen LogP contribution < -0.4 is 5.56 Å². The lowest BCUT2D eigenvalue weighted by Crippen LogP contribution is -2.11. The average Bonchev–Trinajstić information content (AvgIpc) is 1.97. The molecule has 1 rings (SSSR count). The Morgan fingerprint density at radius 1 is 1.18 bits per heavy atom. The Balaban J connectivity index is 3.59. The molecule has 0 saturated carbocycles. The highest BCUT2D eigenvalue weighted by Gasteiger charge is 2.13. The van der Waals surface area contributed by atoms with Gasteiger partial charge in [0.15, 0.2) is 5.82 Å². The van der Waals surface area contributed by atoms with Crippen molar-refractivity contribution in [1.29, 1.82) is 0 Å². The summed E-state index contributed by atoms with van der Waals surface area (Å²) in [4.78, 5) is 12.1. The number of rotatable bonds is 0. The van der Waals surface area contributed by atoms with Crippen LogP contribution in [0.3, 0.4) is 0 Å². The summed E-state index contributed by atoms with van der Waals surface area (Å²) in [5, 5.41) is -1.55. The summed E-state index contributed by atoms with van der Waals surface area (Å²) in [7, 11) is 0. The molecule has 0 aromatic carbocycles. The molecule has 1 heterocycles. The summed E-state index contributed by atoms with van der Waals surface area (Å²) in [6.07, 6.45) is 0. The molecule has 0 saturated heterocycles. The molecule has 0 atom stereocenters. The maximum Gasteiger partial charge on any atom is 0.272 e. The summed E-state index contributed by atoms with van der Waals surface area (Å²) in [6, 6.07) is 0. The van der Waals surface area contributed by atoms with Crippen molar-refractivity contribution in [3.63, 3.8) is 0 Å². The van der Waals surface area contributed by atoms with E-state index in [1.807, 2.05) is 0 Å². The molecule has 1 N–H and O–H groups in total. The first-order valence-electron chi connectivity index (χ1n) is 2.46. The van der Waals surface area contributed by atoms with Crippen LogP contribution in [-0.4, -0.2) is 4.98 Å². The van der Waals surface area contributed by atoms with Gasteiger partial charge in [0.2, 0.25) is 5.95 Å². The second-order valence-corrected chi connectivity index (χ2v) is 2.47. The zero-order valence-electron chi connectivity index (χ0n) is 4.92. The maximum atomic E-state index is 12.5. The third-order valence-corrected chi connectivity index (χ3v) is 1.67. The molecule has 0 amide bonds. The van der Waals surface area contributed by atoms with Crippen LogP contribution in [0.15, 0.2) is 4.79 Å². The van der Waals surface area contributed by atoms with Crippen LogP contribution >= 0.6 is 23.2 Å². The number of nitrogens with one attached hydrogen (secondary N) is 1. The summed E-state index contributed by atoms with van der Waals surface area (Å²) in [5.74, 6) is -2.46. The van der Waals surface area contributed by atoms with E-state index in [9.17, 15) is 13.6 Å². The smallest absolute Gasteiger partial charge is 0.272 e. The predicted octanol–water partition coefficient (Wildman–Crippen LogP) is 1.96. The summed E-state index contributed by atoms with van der Waals surface area (Å²) >= 11 is 10.1. The molecular weight excluding hydrogens is 199 g/mol. The fourth-order valence-corrected chi connectivity index (χ4v) is 0.834. The lowest BCUT2D eigenvalue weighted by atomic mass is 10.4. The molecule has 60 valence electrons. The topological polar surface area (TPSA) is 32.9 Å². The van der Waals surface area contributed by atoms with Crippen molar-refractivity contribution >= 4 is 23.2 Å². The van der Waals surface area contributed by atoms with Crippen LogP contribution in [0.25, 0.3) is 0 Å². The first kappa shape index (κ1) is 8.49. The second kappa shape index (κ2) is 2.79. The van der Waals surface area contributed by atoms with E-state index in [0.717, 1.165) is 0 Å². The van der Waals surface area contributed by atoms with E-state index in [0.29, 0.717) is 0 Å². The Morgan fingerprint density at radius 2 is 1.73 bits per heavy atom. The van der Waals surface area contributed by atoms with Gasteiger partial charge in [0.25, 0.3) is 5.56 Å². The van der Waals surface area contributed by atoms with Gasteiger partial charge in [-0.15, -0.1) is 0 Å². The Bertz CT molecular complexity index is 349. The van der Waals surface area contributed by atoms with E-state index >= 15 is 0 Å². The van der Waals surface area contributed by atoms with Crippen LogP contribution in [0.4, 0.5) is 8.78 Å². The standard InChI is InChI=1S/C5HCl2F2NO/c6-1-3(8)2(7)5(11)10-4(1)9/h(H,10,11). The van der Waals surface area contributed by atoms with Crippen molar-refractivity contribution in [2.75, 3.05) is 0 Å². The van der Waals surface area contributed by atoms with Crippen molar-refractivity contribution in [2.24, 2.45) is 0 Å². The molecule has 0 unspecified atom stereocenters. The molecule has 11 heavy (non-hydrogen) atoms. The number of aromatic amines is 1. The number of hydrogen-bond acceptors (Lipinski definition) is 1. The Labute approximate surface area is 69.8 Å². The van der Waals surface area contributed by atoms with Crippen molar-refractivity contribution in [1.82, 2.24) is 4.98 Å². The van der Waals surface area contributed by atoms with E-state index in [2.05, 4.69) is 0 Å². The third-order valence-electron chi connectivity index (χ3n) is 1.00. The van der Waals surface area contributed by atoms with Gasteiger partial charge in [-0.25, -0.2) is 4.39 Å². The number of pyridine rings is 1. The van der Waals surface area contributed by atoms with Crippen LogP contribution in [0, 0.1) is 11.8 Å². The van der Waals surface area contributed by atoms with Crippen LogP contribution in [-0.2, 0) is 0 Å². The highest BCUT2D eigenvalue weighted by Crippen LogP contribution is 2.19. The fourth-order valence-electron chi connectivity index (χ4n) is 0.502. The first-order chi connectivity index (χ1) is 5.04. The van der Waals surface area contributed by atoms with Crippen LogP contribution in [0.1, 0.15) is 0 Å².